The van der Waals surface area contributed by atoms with Gasteiger partial charge in [0, 0.05) is 22.4 Å². The Morgan fingerprint density at radius 3 is 0.357 bits per heavy atom. The van der Waals surface area contributed by atoms with Crippen molar-refractivity contribution >= 4 is 17.4 Å². The quantitative estimate of drug-likeness (QED) is 0.430. The minimum atomic E-state index is 0. The summed E-state index contributed by atoms with van der Waals surface area (Å²) >= 11 is 0. The van der Waals surface area contributed by atoms with Crippen molar-refractivity contribution in [3.8, 4) is 0 Å². The van der Waals surface area contributed by atoms with E-state index in [1.54, 1.807) is 0 Å². The average molecular weight is 294 g/mol. The smallest absolute Gasteiger partial charge is 0.187 e. The Kier molecular flexibility index (Phi) is 2260. The molecular weight excluding hydrogens is 291 g/mol. The maximum atomic E-state index is 6.25. The van der Waals surface area contributed by atoms with Gasteiger partial charge < -0.3 is 71.0 Å². The van der Waals surface area contributed by atoms with Crippen molar-refractivity contribution in [2.24, 2.45) is 0 Å². The first-order valence-corrected chi connectivity index (χ1v) is 1.34. The van der Waals surface area contributed by atoms with E-state index in [0.717, 1.165) is 0 Å². The van der Waals surface area contributed by atoms with Gasteiger partial charge in [0.15, 0.2) is 17.4 Å². The summed E-state index contributed by atoms with van der Waals surface area (Å²) in [6.45, 7) is 28.5. The van der Waals surface area contributed by atoms with Crippen LogP contribution in [0.1, 0.15) is 0 Å². The van der Waals surface area contributed by atoms with Crippen LogP contribution >= 0.6 is 0 Å². The SMILES string of the molecule is [Ag].[AlH3].[C-]#N.[C-]#N.[C-]#N.[C-]#N.[C-]#N.[C-]#N. The van der Waals surface area contributed by atoms with Gasteiger partial charge in [0.25, 0.3) is 0 Å². The minimum Gasteiger partial charge on any atom is -0.512 e. The molecule has 0 aliphatic rings. The maximum absolute atomic E-state index is 6.25. The van der Waals surface area contributed by atoms with Crippen molar-refractivity contribution in [3.63, 3.8) is 0 Å². The van der Waals surface area contributed by atoms with E-state index < -0.39 is 0 Å². The Balaban J connectivity index is -0.00000000500. The number of rotatable bonds is 0. The normalized spacial score (nSPS) is 0.857. The van der Waals surface area contributed by atoms with Crippen LogP contribution < -0.4 is 0 Å². The predicted octanol–water partition coefficient (Wildman–Crippen LogP) is -0.608. The molecule has 0 unspecified atom stereocenters. The van der Waals surface area contributed by atoms with E-state index in [0.29, 0.717) is 0 Å². The molecule has 0 spiro atoms. The fraction of sp³-hybridized carbons (Fsp3) is 0. The van der Waals surface area contributed by atoms with Crippen LogP contribution in [0.15, 0.2) is 0 Å². The van der Waals surface area contributed by atoms with Gasteiger partial charge in [-0.3, -0.25) is 0 Å². The Morgan fingerprint density at radius 2 is 0.357 bits per heavy atom. The molecule has 0 bridgehead atoms. The van der Waals surface area contributed by atoms with Crippen molar-refractivity contribution in [2.45, 2.75) is 0 Å². The fourth-order valence-electron chi connectivity index (χ4n) is 0. The van der Waals surface area contributed by atoms with Crippen molar-refractivity contribution in [2.75, 3.05) is 0 Å². The zero-order valence-corrected chi connectivity index (χ0v) is 7.47. The molecule has 14 heavy (non-hydrogen) atoms. The largest absolute Gasteiger partial charge is 0.512 e. The third-order valence-corrected chi connectivity index (χ3v) is 0. The molecular formula is C6H3AgAlN6-6. The maximum Gasteiger partial charge on any atom is 0.187 e. The molecule has 0 atom stereocenters. The fourth-order valence-corrected chi connectivity index (χ4v) is 0. The summed E-state index contributed by atoms with van der Waals surface area (Å²) in [4.78, 5) is 0. The van der Waals surface area contributed by atoms with Gasteiger partial charge in [-0.2, -0.15) is 0 Å². The standard InChI is InChI=1S/6CN.Ag.Al.3H/c6*1-2;;;;;/q6*-1;;;;;. The monoisotopic (exact) mass is 293 g/mol. The summed E-state index contributed by atoms with van der Waals surface area (Å²) in [6.07, 6.45) is 0. The van der Waals surface area contributed by atoms with Crippen molar-refractivity contribution in [1.82, 2.24) is 0 Å². The molecule has 0 heterocycles. The van der Waals surface area contributed by atoms with Gasteiger partial charge in [0.05, 0.1) is 0 Å². The Hall–Kier alpha value is -1.79. The van der Waals surface area contributed by atoms with E-state index in [1.807, 2.05) is 0 Å². The molecule has 0 fully saturated rings. The number of nitrogens with zero attached hydrogens (tertiary/aromatic N) is 6. The summed E-state index contributed by atoms with van der Waals surface area (Å²) < 4.78 is 0. The predicted molar refractivity (Wildman–Crippen MR) is 39.7 cm³/mol. The molecule has 1 radical (unpaired) electrons. The molecule has 6 nitrogen and oxygen atoms in total. The summed E-state index contributed by atoms with van der Waals surface area (Å²) in [5.41, 5.74) is 0. The minimum absolute atomic E-state index is 0. The van der Waals surface area contributed by atoms with E-state index in [1.165, 1.54) is 0 Å². The zero-order chi connectivity index (χ0) is 12.0. The Labute approximate surface area is 110 Å². The topological polar surface area (TPSA) is 143 Å². The second-order valence-corrected chi connectivity index (χ2v) is 0. The summed E-state index contributed by atoms with van der Waals surface area (Å²) in [5.74, 6) is 0. The van der Waals surface area contributed by atoms with Crippen molar-refractivity contribution < 1.29 is 22.4 Å². The summed E-state index contributed by atoms with van der Waals surface area (Å²) in [6, 6.07) is 0. The first kappa shape index (κ1) is 86.5. The van der Waals surface area contributed by atoms with Gasteiger partial charge in [0.1, 0.15) is 0 Å². The van der Waals surface area contributed by atoms with Gasteiger partial charge in [-0.05, 0) is 0 Å². The van der Waals surface area contributed by atoms with Crippen LogP contribution in [0.4, 0.5) is 0 Å². The summed E-state index contributed by atoms with van der Waals surface area (Å²) in [5, 5.41) is 37.5. The van der Waals surface area contributed by atoms with Gasteiger partial charge >= 0.3 is 0 Å². The molecule has 0 aliphatic carbocycles. The third kappa shape index (κ3) is 271. The molecule has 0 N–H and O–H groups in total. The second-order valence-electron chi connectivity index (χ2n) is 0. The summed E-state index contributed by atoms with van der Waals surface area (Å²) in [7, 11) is 0. The molecule has 0 amide bonds. The van der Waals surface area contributed by atoms with Gasteiger partial charge in [0.2, 0.25) is 0 Å². The van der Waals surface area contributed by atoms with E-state index in [-0.39, 0.29) is 39.7 Å². The molecule has 0 aliphatic heterocycles. The molecule has 0 aromatic carbocycles. The molecule has 77 valence electrons. The van der Waals surface area contributed by atoms with Crippen LogP contribution in [0.5, 0.6) is 0 Å². The van der Waals surface area contributed by atoms with Crippen molar-refractivity contribution in [3.05, 3.63) is 39.4 Å². The third-order valence-electron chi connectivity index (χ3n) is 0. The van der Waals surface area contributed by atoms with Crippen LogP contribution in [0, 0.1) is 71.0 Å². The molecule has 8 heteroatoms. The van der Waals surface area contributed by atoms with E-state index in [4.69, 9.17) is 71.0 Å². The van der Waals surface area contributed by atoms with Crippen LogP contribution in [0.3, 0.4) is 0 Å². The van der Waals surface area contributed by atoms with Crippen LogP contribution in [0.2, 0.25) is 0 Å². The van der Waals surface area contributed by atoms with Crippen LogP contribution in [-0.2, 0) is 22.4 Å². The van der Waals surface area contributed by atoms with Crippen LogP contribution in [0.25, 0.3) is 0 Å². The van der Waals surface area contributed by atoms with E-state index >= 15 is 0 Å². The molecule has 0 saturated heterocycles. The van der Waals surface area contributed by atoms with E-state index in [2.05, 4.69) is 0 Å². The first-order chi connectivity index (χ1) is 6.00. The molecule has 0 aromatic rings. The molecule has 0 aromatic heterocycles. The average Bonchev–Trinajstić information content (AvgIpc) is 2.33. The first-order valence-electron chi connectivity index (χ1n) is 1.34. The van der Waals surface area contributed by atoms with Crippen LogP contribution in [-0.4, -0.2) is 17.4 Å². The molecule has 0 saturated carbocycles. The van der Waals surface area contributed by atoms with Gasteiger partial charge in [-0.25, -0.2) is 0 Å². The second kappa shape index (κ2) is 366. The Bertz CT molecular complexity index is 97.3. The Morgan fingerprint density at radius 1 is 0.357 bits per heavy atom. The number of hydrogen-bond donors (Lipinski definition) is 0. The zero-order valence-electron chi connectivity index (χ0n) is 5.98. The van der Waals surface area contributed by atoms with Crippen molar-refractivity contribution in [1.29, 1.82) is 31.6 Å². The van der Waals surface area contributed by atoms with Gasteiger partial charge in [-0.1, -0.05) is 0 Å². The number of hydrogen-bond acceptors (Lipinski definition) is 6. The van der Waals surface area contributed by atoms with Gasteiger partial charge in [-0.15, -0.1) is 0 Å². The molecule has 0 rings (SSSR count). The van der Waals surface area contributed by atoms with E-state index in [9.17, 15) is 0 Å².